The Kier molecular flexibility index (Phi) is 3.15. The lowest BCUT2D eigenvalue weighted by atomic mass is 9.63. The molecular weight excluding hydrogens is 256 g/mol. The summed E-state index contributed by atoms with van der Waals surface area (Å²) in [6.45, 7) is 1.75. The SMILES string of the molecule is COc1c(O)cc(C)c(C2(C(=O)O)CCC2)c1Cl. The third-order valence-electron chi connectivity index (χ3n) is 3.70. The fourth-order valence-corrected chi connectivity index (χ4v) is 3.13. The monoisotopic (exact) mass is 270 g/mol. The van der Waals surface area contributed by atoms with Crippen molar-refractivity contribution in [3.8, 4) is 11.5 Å². The largest absolute Gasteiger partial charge is 0.504 e. The molecule has 0 amide bonds. The third-order valence-corrected chi connectivity index (χ3v) is 4.06. The van der Waals surface area contributed by atoms with Crippen LogP contribution in [0.5, 0.6) is 11.5 Å². The zero-order valence-electron chi connectivity index (χ0n) is 10.3. The van der Waals surface area contributed by atoms with E-state index >= 15 is 0 Å². The van der Waals surface area contributed by atoms with Gasteiger partial charge in [0.05, 0.1) is 17.5 Å². The van der Waals surface area contributed by atoms with Gasteiger partial charge in [-0.2, -0.15) is 0 Å². The Hall–Kier alpha value is -1.42. The van der Waals surface area contributed by atoms with E-state index in [0.29, 0.717) is 24.0 Å². The van der Waals surface area contributed by atoms with Gasteiger partial charge in [0.1, 0.15) is 0 Å². The van der Waals surface area contributed by atoms with Crippen LogP contribution in [0.25, 0.3) is 0 Å². The molecule has 0 atom stereocenters. The van der Waals surface area contributed by atoms with E-state index in [0.717, 1.165) is 6.42 Å². The van der Waals surface area contributed by atoms with Gasteiger partial charge in [-0.1, -0.05) is 18.0 Å². The summed E-state index contributed by atoms with van der Waals surface area (Å²) in [5, 5.41) is 19.4. The number of phenols is 1. The number of rotatable bonds is 3. The molecule has 4 nitrogen and oxygen atoms in total. The average molecular weight is 271 g/mol. The lowest BCUT2D eigenvalue weighted by molar-refractivity contribution is -0.147. The van der Waals surface area contributed by atoms with E-state index in [9.17, 15) is 15.0 Å². The van der Waals surface area contributed by atoms with E-state index < -0.39 is 11.4 Å². The van der Waals surface area contributed by atoms with Crippen molar-refractivity contribution in [2.45, 2.75) is 31.6 Å². The summed E-state index contributed by atoms with van der Waals surface area (Å²) in [4.78, 5) is 11.5. The summed E-state index contributed by atoms with van der Waals surface area (Å²) in [7, 11) is 1.40. The quantitative estimate of drug-likeness (QED) is 0.886. The first kappa shape index (κ1) is 13.0. The van der Waals surface area contributed by atoms with Crippen molar-refractivity contribution in [1.82, 2.24) is 0 Å². The van der Waals surface area contributed by atoms with Crippen molar-refractivity contribution < 1.29 is 19.7 Å². The zero-order valence-corrected chi connectivity index (χ0v) is 11.0. The molecule has 0 bridgehead atoms. The molecule has 18 heavy (non-hydrogen) atoms. The Morgan fingerprint density at radius 3 is 2.50 bits per heavy atom. The molecule has 5 heteroatoms. The van der Waals surface area contributed by atoms with Crippen LogP contribution >= 0.6 is 11.6 Å². The first-order valence-corrected chi connectivity index (χ1v) is 6.12. The molecule has 0 aliphatic heterocycles. The molecule has 1 aliphatic carbocycles. The summed E-state index contributed by atoms with van der Waals surface area (Å²) in [5.74, 6) is -0.792. The number of phenolic OH excluding ortho intramolecular Hbond substituents is 1. The molecule has 0 spiro atoms. The predicted molar refractivity (Wildman–Crippen MR) is 67.6 cm³/mol. The third kappa shape index (κ3) is 1.63. The number of methoxy groups -OCH3 is 1. The lowest BCUT2D eigenvalue weighted by Crippen LogP contribution is -2.43. The molecule has 1 aliphatic rings. The van der Waals surface area contributed by atoms with Crippen LogP contribution in [0.2, 0.25) is 5.02 Å². The molecule has 1 aromatic rings. The van der Waals surface area contributed by atoms with Crippen LogP contribution in [0.1, 0.15) is 30.4 Å². The Balaban J connectivity index is 2.67. The number of hydrogen-bond acceptors (Lipinski definition) is 3. The maximum Gasteiger partial charge on any atom is 0.314 e. The van der Waals surface area contributed by atoms with E-state index in [2.05, 4.69) is 0 Å². The number of benzene rings is 1. The van der Waals surface area contributed by atoms with Crippen molar-refractivity contribution in [3.05, 3.63) is 22.2 Å². The van der Waals surface area contributed by atoms with Gasteiger partial charge in [-0.3, -0.25) is 4.79 Å². The summed E-state index contributed by atoms with van der Waals surface area (Å²) < 4.78 is 5.04. The fourth-order valence-electron chi connectivity index (χ4n) is 2.62. The number of carboxylic acids is 1. The van der Waals surface area contributed by atoms with Crippen molar-refractivity contribution in [3.63, 3.8) is 0 Å². The predicted octanol–water partition coefficient (Wildman–Crippen LogP) is 2.87. The summed E-state index contributed by atoms with van der Waals surface area (Å²) in [6, 6.07) is 1.50. The van der Waals surface area contributed by atoms with E-state index in [1.54, 1.807) is 6.92 Å². The number of hydrogen-bond donors (Lipinski definition) is 2. The summed E-state index contributed by atoms with van der Waals surface area (Å²) in [5.41, 5.74) is 0.320. The molecule has 2 N–H and O–H groups in total. The molecule has 1 saturated carbocycles. The average Bonchev–Trinajstić information content (AvgIpc) is 2.20. The number of aliphatic carboxylic acids is 1. The highest BCUT2D eigenvalue weighted by atomic mass is 35.5. The number of carbonyl (C=O) groups is 1. The van der Waals surface area contributed by atoms with Crippen molar-refractivity contribution >= 4 is 17.6 Å². The maximum absolute atomic E-state index is 11.5. The van der Waals surface area contributed by atoms with Gasteiger partial charge < -0.3 is 14.9 Å². The first-order valence-electron chi connectivity index (χ1n) is 5.74. The number of carboxylic acid groups (broad SMARTS) is 1. The van der Waals surface area contributed by atoms with E-state index in [1.807, 2.05) is 0 Å². The normalized spacial score (nSPS) is 17.1. The highest BCUT2D eigenvalue weighted by Crippen LogP contribution is 2.51. The first-order chi connectivity index (χ1) is 8.44. The summed E-state index contributed by atoms with van der Waals surface area (Å²) in [6.07, 6.45) is 2.00. The van der Waals surface area contributed by atoms with Crippen molar-refractivity contribution in [1.29, 1.82) is 0 Å². The minimum Gasteiger partial charge on any atom is -0.504 e. The van der Waals surface area contributed by atoms with Crippen LogP contribution in [0, 0.1) is 6.92 Å². The van der Waals surface area contributed by atoms with Gasteiger partial charge in [0.15, 0.2) is 11.5 Å². The van der Waals surface area contributed by atoms with Crippen molar-refractivity contribution in [2.24, 2.45) is 0 Å². The Morgan fingerprint density at radius 1 is 1.50 bits per heavy atom. The summed E-state index contributed by atoms with van der Waals surface area (Å²) >= 11 is 6.21. The van der Waals surface area contributed by atoms with Gasteiger partial charge in [0, 0.05) is 0 Å². The molecule has 0 radical (unpaired) electrons. The second-order valence-electron chi connectivity index (χ2n) is 4.68. The minimum absolute atomic E-state index is 0.0661. The van der Waals surface area contributed by atoms with Gasteiger partial charge >= 0.3 is 5.97 Å². The maximum atomic E-state index is 11.5. The van der Waals surface area contributed by atoms with Gasteiger partial charge in [-0.25, -0.2) is 0 Å². The molecule has 0 unspecified atom stereocenters. The molecule has 0 heterocycles. The standard InChI is InChI=1S/C13H15ClO4/c1-7-6-8(15)11(18-2)10(14)9(7)13(12(16)17)4-3-5-13/h6,15H,3-5H2,1-2H3,(H,16,17). The van der Waals surface area contributed by atoms with Crippen LogP contribution < -0.4 is 4.74 Å². The molecule has 0 saturated heterocycles. The molecule has 2 rings (SSSR count). The van der Waals surface area contributed by atoms with Crippen LogP contribution in [0.4, 0.5) is 0 Å². The number of aromatic hydroxyl groups is 1. The number of aryl methyl sites for hydroxylation is 1. The highest BCUT2D eigenvalue weighted by Gasteiger charge is 2.48. The molecule has 98 valence electrons. The van der Waals surface area contributed by atoms with Crippen LogP contribution in [-0.2, 0) is 10.2 Å². The number of ether oxygens (including phenoxy) is 1. The molecule has 0 aromatic heterocycles. The van der Waals surface area contributed by atoms with Crippen LogP contribution in [0.15, 0.2) is 6.07 Å². The molecular formula is C13H15ClO4. The Labute approximate surface area is 110 Å². The Morgan fingerprint density at radius 2 is 2.11 bits per heavy atom. The van der Waals surface area contributed by atoms with Gasteiger partial charge in [0.2, 0.25) is 0 Å². The van der Waals surface area contributed by atoms with Crippen LogP contribution in [0.3, 0.4) is 0 Å². The number of halogens is 1. The Bertz CT molecular complexity index is 506. The topological polar surface area (TPSA) is 66.8 Å². The van der Waals surface area contributed by atoms with Gasteiger partial charge in [-0.15, -0.1) is 0 Å². The minimum atomic E-state index is -0.928. The molecule has 1 fully saturated rings. The second kappa shape index (κ2) is 4.35. The second-order valence-corrected chi connectivity index (χ2v) is 5.05. The molecule has 1 aromatic carbocycles. The van der Waals surface area contributed by atoms with E-state index in [1.165, 1.54) is 13.2 Å². The van der Waals surface area contributed by atoms with E-state index in [-0.39, 0.29) is 16.5 Å². The zero-order chi connectivity index (χ0) is 13.5. The van der Waals surface area contributed by atoms with Crippen LogP contribution in [-0.4, -0.2) is 23.3 Å². The fraction of sp³-hybridized carbons (Fsp3) is 0.462. The van der Waals surface area contributed by atoms with Crippen molar-refractivity contribution in [2.75, 3.05) is 7.11 Å². The van der Waals surface area contributed by atoms with E-state index in [4.69, 9.17) is 16.3 Å². The van der Waals surface area contributed by atoms with Gasteiger partial charge in [0.25, 0.3) is 0 Å². The lowest BCUT2D eigenvalue weighted by Gasteiger charge is -2.39. The highest BCUT2D eigenvalue weighted by molar-refractivity contribution is 6.33. The smallest absolute Gasteiger partial charge is 0.314 e. The van der Waals surface area contributed by atoms with Gasteiger partial charge in [-0.05, 0) is 37.0 Å².